The zero-order valence-electron chi connectivity index (χ0n) is 11.1. The van der Waals surface area contributed by atoms with Crippen LogP contribution in [0.25, 0.3) is 11.6 Å². The summed E-state index contributed by atoms with van der Waals surface area (Å²) in [7, 11) is 0. The average Bonchev–Trinajstić information content (AvgIpc) is 2.39. The van der Waals surface area contributed by atoms with Crippen molar-refractivity contribution in [3.05, 3.63) is 70.8 Å². The van der Waals surface area contributed by atoms with Crippen LogP contribution in [0.2, 0.25) is 0 Å². The van der Waals surface area contributed by atoms with Crippen molar-refractivity contribution < 1.29 is 9.90 Å². The second kappa shape index (κ2) is 5.53. The number of benzene rings is 2. The van der Waals surface area contributed by atoms with Gasteiger partial charge < -0.3 is 5.11 Å². The first kappa shape index (κ1) is 13.1. The van der Waals surface area contributed by atoms with Crippen molar-refractivity contribution in [1.82, 2.24) is 0 Å². The molecule has 0 aliphatic rings. The topological polar surface area (TPSA) is 37.3 Å². The Hall–Kier alpha value is -2.35. The Bertz CT molecular complexity index is 622. The molecule has 2 nitrogen and oxygen atoms in total. The molecule has 0 aliphatic carbocycles. The van der Waals surface area contributed by atoms with Gasteiger partial charge in [0, 0.05) is 0 Å². The van der Waals surface area contributed by atoms with Gasteiger partial charge in [0.05, 0.1) is 5.57 Å². The normalized spacial score (nSPS) is 11.4. The molecule has 2 rings (SSSR count). The van der Waals surface area contributed by atoms with Crippen LogP contribution in [-0.4, -0.2) is 11.1 Å². The predicted molar refractivity (Wildman–Crippen MR) is 77.9 cm³/mol. The monoisotopic (exact) mass is 252 g/mol. The second-order valence-electron chi connectivity index (χ2n) is 4.59. The summed E-state index contributed by atoms with van der Waals surface area (Å²) >= 11 is 0. The Balaban J connectivity index is 2.50. The van der Waals surface area contributed by atoms with E-state index in [4.69, 9.17) is 0 Å². The molecule has 0 unspecified atom stereocenters. The van der Waals surface area contributed by atoms with Crippen LogP contribution >= 0.6 is 0 Å². The van der Waals surface area contributed by atoms with Gasteiger partial charge in [-0.25, -0.2) is 4.79 Å². The van der Waals surface area contributed by atoms with Gasteiger partial charge in [0.25, 0.3) is 0 Å². The number of carbonyl (C=O) groups is 1. The zero-order valence-corrected chi connectivity index (χ0v) is 11.1. The molecule has 96 valence electrons. The number of hydrogen-bond donors (Lipinski definition) is 1. The van der Waals surface area contributed by atoms with E-state index >= 15 is 0 Å². The standard InChI is InChI=1S/C17H16O2/c1-12-7-9-14(10-8-12)11-16(17(18)19)15-6-4-3-5-13(15)2/h3-11H,1-2H3,(H,18,19)/b16-11+. The highest BCUT2D eigenvalue weighted by molar-refractivity contribution is 6.21. The maximum absolute atomic E-state index is 11.5. The first-order valence-electron chi connectivity index (χ1n) is 6.15. The van der Waals surface area contributed by atoms with Crippen LogP contribution in [-0.2, 0) is 4.79 Å². The summed E-state index contributed by atoms with van der Waals surface area (Å²) in [6.45, 7) is 3.92. The molecule has 0 heterocycles. The fourth-order valence-corrected chi connectivity index (χ4v) is 1.96. The quantitative estimate of drug-likeness (QED) is 0.664. The van der Waals surface area contributed by atoms with E-state index in [0.717, 1.165) is 22.3 Å². The minimum Gasteiger partial charge on any atom is -0.478 e. The third kappa shape index (κ3) is 3.10. The molecule has 0 atom stereocenters. The third-order valence-corrected chi connectivity index (χ3v) is 3.05. The summed E-state index contributed by atoms with van der Waals surface area (Å²) in [5.41, 5.74) is 4.09. The summed E-state index contributed by atoms with van der Waals surface area (Å²) < 4.78 is 0. The molecule has 0 bridgehead atoms. The van der Waals surface area contributed by atoms with Crippen molar-refractivity contribution in [1.29, 1.82) is 0 Å². The third-order valence-electron chi connectivity index (χ3n) is 3.05. The molecule has 0 amide bonds. The molecule has 1 N–H and O–H groups in total. The van der Waals surface area contributed by atoms with Gasteiger partial charge >= 0.3 is 5.97 Å². The van der Waals surface area contributed by atoms with E-state index in [0.29, 0.717) is 5.57 Å². The zero-order chi connectivity index (χ0) is 13.8. The smallest absolute Gasteiger partial charge is 0.336 e. The van der Waals surface area contributed by atoms with Crippen LogP contribution in [0, 0.1) is 13.8 Å². The number of aryl methyl sites for hydroxylation is 2. The van der Waals surface area contributed by atoms with Crippen LogP contribution in [0.5, 0.6) is 0 Å². The Morgan fingerprint density at radius 1 is 1.00 bits per heavy atom. The fourth-order valence-electron chi connectivity index (χ4n) is 1.96. The average molecular weight is 252 g/mol. The van der Waals surface area contributed by atoms with Crippen molar-refractivity contribution >= 4 is 17.6 Å². The van der Waals surface area contributed by atoms with E-state index in [-0.39, 0.29) is 0 Å². The first-order valence-corrected chi connectivity index (χ1v) is 6.15. The summed E-state index contributed by atoms with van der Waals surface area (Å²) in [4.78, 5) is 11.5. The molecular formula is C17H16O2. The summed E-state index contributed by atoms with van der Waals surface area (Å²) in [6.07, 6.45) is 1.71. The highest BCUT2D eigenvalue weighted by atomic mass is 16.4. The maximum atomic E-state index is 11.5. The summed E-state index contributed by atoms with van der Waals surface area (Å²) in [5.74, 6) is -0.908. The number of carboxylic acid groups (broad SMARTS) is 1. The van der Waals surface area contributed by atoms with Crippen molar-refractivity contribution in [3.63, 3.8) is 0 Å². The summed E-state index contributed by atoms with van der Waals surface area (Å²) in [6, 6.07) is 15.3. The molecule has 0 saturated heterocycles. The highest BCUT2D eigenvalue weighted by Crippen LogP contribution is 2.22. The SMILES string of the molecule is Cc1ccc(/C=C(/C(=O)O)c2ccccc2C)cc1. The molecule has 0 aromatic heterocycles. The van der Waals surface area contributed by atoms with E-state index in [1.807, 2.05) is 62.4 Å². The predicted octanol–water partition coefficient (Wildman–Crippen LogP) is 3.93. The van der Waals surface area contributed by atoms with Crippen LogP contribution in [0.15, 0.2) is 48.5 Å². The fraction of sp³-hybridized carbons (Fsp3) is 0.118. The Morgan fingerprint density at radius 2 is 1.63 bits per heavy atom. The molecular weight excluding hydrogens is 236 g/mol. The van der Waals surface area contributed by atoms with Crippen molar-refractivity contribution in [2.24, 2.45) is 0 Å². The van der Waals surface area contributed by atoms with E-state index in [1.165, 1.54) is 0 Å². The van der Waals surface area contributed by atoms with Crippen LogP contribution in [0.4, 0.5) is 0 Å². The minimum atomic E-state index is -0.908. The molecule has 0 spiro atoms. The Kier molecular flexibility index (Phi) is 3.81. The minimum absolute atomic E-state index is 0.321. The number of aliphatic carboxylic acids is 1. The molecule has 2 aromatic rings. The molecule has 2 heteroatoms. The van der Waals surface area contributed by atoms with Gasteiger partial charge in [-0.1, -0.05) is 54.1 Å². The Morgan fingerprint density at radius 3 is 2.21 bits per heavy atom. The highest BCUT2D eigenvalue weighted by Gasteiger charge is 2.12. The van der Waals surface area contributed by atoms with Crippen molar-refractivity contribution in [2.45, 2.75) is 13.8 Å². The molecule has 0 fully saturated rings. The van der Waals surface area contributed by atoms with Crippen LogP contribution < -0.4 is 0 Å². The molecule has 19 heavy (non-hydrogen) atoms. The second-order valence-corrected chi connectivity index (χ2v) is 4.59. The van der Waals surface area contributed by atoms with Crippen molar-refractivity contribution in [3.8, 4) is 0 Å². The lowest BCUT2D eigenvalue weighted by Gasteiger charge is -2.07. The van der Waals surface area contributed by atoms with E-state index in [1.54, 1.807) is 6.08 Å². The van der Waals surface area contributed by atoms with E-state index in [2.05, 4.69) is 0 Å². The van der Waals surface area contributed by atoms with Gasteiger partial charge in [0.1, 0.15) is 0 Å². The molecule has 0 aliphatic heterocycles. The number of hydrogen-bond acceptors (Lipinski definition) is 1. The van der Waals surface area contributed by atoms with Gasteiger partial charge in [-0.15, -0.1) is 0 Å². The lowest BCUT2D eigenvalue weighted by Crippen LogP contribution is -2.01. The lowest BCUT2D eigenvalue weighted by atomic mass is 9.98. The van der Waals surface area contributed by atoms with Crippen LogP contribution in [0.1, 0.15) is 22.3 Å². The van der Waals surface area contributed by atoms with E-state index < -0.39 is 5.97 Å². The largest absolute Gasteiger partial charge is 0.478 e. The van der Waals surface area contributed by atoms with E-state index in [9.17, 15) is 9.90 Å². The number of rotatable bonds is 3. The van der Waals surface area contributed by atoms with Gasteiger partial charge in [0.15, 0.2) is 0 Å². The molecule has 0 saturated carbocycles. The molecule has 0 radical (unpaired) electrons. The maximum Gasteiger partial charge on any atom is 0.336 e. The molecule has 2 aromatic carbocycles. The van der Waals surface area contributed by atoms with Gasteiger partial charge in [-0.2, -0.15) is 0 Å². The van der Waals surface area contributed by atoms with Gasteiger partial charge in [-0.05, 0) is 36.6 Å². The van der Waals surface area contributed by atoms with Crippen molar-refractivity contribution in [2.75, 3.05) is 0 Å². The number of carboxylic acids is 1. The lowest BCUT2D eigenvalue weighted by molar-refractivity contribution is -0.130. The Labute approximate surface area is 113 Å². The van der Waals surface area contributed by atoms with Gasteiger partial charge in [-0.3, -0.25) is 0 Å². The van der Waals surface area contributed by atoms with Crippen LogP contribution in [0.3, 0.4) is 0 Å². The first-order chi connectivity index (χ1) is 9.08. The summed E-state index contributed by atoms with van der Waals surface area (Å²) in [5, 5.41) is 9.40. The van der Waals surface area contributed by atoms with Gasteiger partial charge in [0.2, 0.25) is 0 Å².